The van der Waals surface area contributed by atoms with Gasteiger partial charge < -0.3 is 14.9 Å². The molecular formula is C22H18F3N3O5. The van der Waals surface area contributed by atoms with Crippen LogP contribution in [-0.4, -0.2) is 38.0 Å². The van der Waals surface area contributed by atoms with Gasteiger partial charge in [0.2, 0.25) is 11.8 Å². The van der Waals surface area contributed by atoms with E-state index in [2.05, 4.69) is 4.85 Å². The third-order valence-electron chi connectivity index (χ3n) is 6.59. The number of morpholine rings is 1. The number of hydrogen-bond acceptors (Lipinski definition) is 5. The van der Waals surface area contributed by atoms with E-state index < -0.39 is 52.2 Å². The van der Waals surface area contributed by atoms with Gasteiger partial charge in [-0.05, 0) is 44.7 Å². The summed E-state index contributed by atoms with van der Waals surface area (Å²) < 4.78 is 46.9. The van der Waals surface area contributed by atoms with Crippen molar-refractivity contribution in [3.05, 3.63) is 46.3 Å². The van der Waals surface area contributed by atoms with Crippen molar-refractivity contribution in [1.29, 1.82) is 0 Å². The Morgan fingerprint density at radius 2 is 1.67 bits per heavy atom. The molecule has 0 unspecified atom stereocenters. The van der Waals surface area contributed by atoms with Crippen molar-refractivity contribution in [3.8, 4) is 17.4 Å². The van der Waals surface area contributed by atoms with Crippen LogP contribution in [0.1, 0.15) is 43.4 Å². The van der Waals surface area contributed by atoms with E-state index in [9.17, 15) is 33.0 Å². The lowest BCUT2D eigenvalue weighted by molar-refractivity contribution is -0.206. The number of aromatic nitrogens is 1. The number of aromatic hydroxyl groups is 2. The number of ether oxygens (including phenoxy) is 1. The molecule has 2 atom stereocenters. The van der Waals surface area contributed by atoms with Crippen LogP contribution in [0.15, 0.2) is 18.2 Å². The van der Waals surface area contributed by atoms with Gasteiger partial charge in [-0.25, -0.2) is 4.85 Å². The Kier molecular flexibility index (Phi) is 4.07. The fourth-order valence-electron chi connectivity index (χ4n) is 4.83. The molecular weight excluding hydrogens is 443 g/mol. The number of benzene rings is 1. The molecule has 1 saturated carbocycles. The van der Waals surface area contributed by atoms with E-state index in [4.69, 9.17) is 11.3 Å². The SMILES string of the molecule is [C-]#[N+]c1ccc(-n2c(O)c3c(c2O)[C@]2(C)O[C@@]3(C)C(=O)N(CC3CC3)C2=O)cc1C(F)(F)F. The topological polar surface area (TPSA) is 96.4 Å². The smallest absolute Gasteiger partial charge is 0.407 e. The number of amides is 2. The van der Waals surface area contributed by atoms with Crippen molar-refractivity contribution in [3.63, 3.8) is 0 Å². The number of rotatable bonds is 3. The van der Waals surface area contributed by atoms with Crippen molar-refractivity contribution in [2.24, 2.45) is 5.92 Å². The third kappa shape index (κ3) is 2.67. The highest BCUT2D eigenvalue weighted by atomic mass is 19.4. The first kappa shape index (κ1) is 21.3. The molecule has 2 N–H and O–H groups in total. The number of nitrogens with zero attached hydrogens (tertiary/aromatic N) is 3. The molecule has 1 saturated heterocycles. The van der Waals surface area contributed by atoms with Crippen LogP contribution in [0.2, 0.25) is 0 Å². The van der Waals surface area contributed by atoms with Gasteiger partial charge in [0.15, 0.2) is 16.9 Å². The molecule has 3 heterocycles. The summed E-state index contributed by atoms with van der Waals surface area (Å²) in [6, 6.07) is 2.66. The summed E-state index contributed by atoms with van der Waals surface area (Å²) in [5.41, 5.74) is -6.15. The maximum atomic E-state index is 13.5. The van der Waals surface area contributed by atoms with Gasteiger partial charge >= 0.3 is 6.18 Å². The molecule has 1 aromatic heterocycles. The van der Waals surface area contributed by atoms with Gasteiger partial charge in [0, 0.05) is 6.54 Å². The number of carbonyl (C=O) groups excluding carboxylic acids is 2. The summed E-state index contributed by atoms with van der Waals surface area (Å²) in [5, 5.41) is 22.0. The minimum atomic E-state index is -4.86. The Morgan fingerprint density at radius 1 is 1.12 bits per heavy atom. The molecule has 2 bridgehead atoms. The molecule has 0 spiro atoms. The lowest BCUT2D eigenvalue weighted by atomic mass is 9.93. The van der Waals surface area contributed by atoms with E-state index in [1.165, 1.54) is 13.8 Å². The molecule has 1 aliphatic carbocycles. The zero-order valence-electron chi connectivity index (χ0n) is 17.5. The van der Waals surface area contributed by atoms with Crippen LogP contribution in [0, 0.1) is 12.5 Å². The molecule has 2 aromatic rings. The zero-order valence-corrected chi connectivity index (χ0v) is 17.5. The van der Waals surface area contributed by atoms with E-state index in [1.807, 2.05) is 0 Å². The molecule has 5 rings (SSSR count). The number of fused-ring (bicyclic) bond motifs is 5. The molecule has 2 amide bonds. The number of hydrogen-bond donors (Lipinski definition) is 2. The van der Waals surface area contributed by atoms with Crippen LogP contribution in [0.4, 0.5) is 18.9 Å². The van der Waals surface area contributed by atoms with Crippen molar-refractivity contribution < 1.29 is 37.7 Å². The number of carbonyl (C=O) groups is 2. The van der Waals surface area contributed by atoms with Gasteiger partial charge in [0.05, 0.1) is 28.9 Å². The quantitative estimate of drug-likeness (QED) is 0.537. The summed E-state index contributed by atoms with van der Waals surface area (Å²) >= 11 is 0. The largest absolute Gasteiger partial charge is 0.494 e. The van der Waals surface area contributed by atoms with Crippen LogP contribution >= 0.6 is 0 Å². The van der Waals surface area contributed by atoms with E-state index in [0.29, 0.717) is 6.07 Å². The number of imide groups is 1. The van der Waals surface area contributed by atoms with Gasteiger partial charge in [-0.1, -0.05) is 6.07 Å². The van der Waals surface area contributed by atoms with Gasteiger partial charge in [-0.15, -0.1) is 0 Å². The second-order valence-corrected chi connectivity index (χ2v) is 8.88. The van der Waals surface area contributed by atoms with E-state index in [0.717, 1.165) is 34.4 Å². The van der Waals surface area contributed by atoms with Crippen LogP contribution in [0.3, 0.4) is 0 Å². The summed E-state index contributed by atoms with van der Waals surface area (Å²) in [7, 11) is 0. The first-order valence-electron chi connectivity index (χ1n) is 10.2. The fraction of sp³-hybridized carbons (Fsp3) is 0.409. The van der Waals surface area contributed by atoms with Crippen LogP contribution in [0.25, 0.3) is 10.5 Å². The highest BCUT2D eigenvalue weighted by Crippen LogP contribution is 2.60. The molecule has 3 aliphatic rings. The Labute approximate surface area is 185 Å². The van der Waals surface area contributed by atoms with Gasteiger partial charge in [-0.3, -0.25) is 19.1 Å². The zero-order chi connectivity index (χ0) is 24.1. The first-order chi connectivity index (χ1) is 15.3. The Hall–Kier alpha value is -3.52. The van der Waals surface area contributed by atoms with Crippen molar-refractivity contribution >= 4 is 17.5 Å². The highest BCUT2D eigenvalue weighted by Gasteiger charge is 2.68. The van der Waals surface area contributed by atoms with Crippen molar-refractivity contribution in [1.82, 2.24) is 9.47 Å². The molecule has 2 aliphatic heterocycles. The van der Waals surface area contributed by atoms with Crippen LogP contribution < -0.4 is 0 Å². The summed E-state index contributed by atoms with van der Waals surface area (Å²) in [4.78, 5) is 30.5. The molecule has 8 nitrogen and oxygen atoms in total. The third-order valence-corrected chi connectivity index (χ3v) is 6.59. The van der Waals surface area contributed by atoms with Crippen LogP contribution in [0.5, 0.6) is 11.8 Å². The Balaban J connectivity index is 1.71. The minimum Gasteiger partial charge on any atom is -0.494 e. The predicted octanol–water partition coefficient (Wildman–Crippen LogP) is 3.70. The maximum absolute atomic E-state index is 13.5. The average Bonchev–Trinajstić information content (AvgIpc) is 3.47. The molecule has 33 heavy (non-hydrogen) atoms. The lowest BCUT2D eigenvalue weighted by Gasteiger charge is -2.41. The lowest BCUT2D eigenvalue weighted by Crippen LogP contribution is -2.59. The van der Waals surface area contributed by atoms with Gasteiger partial charge in [0.1, 0.15) is 0 Å². The first-order valence-corrected chi connectivity index (χ1v) is 10.2. The van der Waals surface area contributed by atoms with Crippen molar-refractivity contribution in [2.75, 3.05) is 6.54 Å². The van der Waals surface area contributed by atoms with Crippen molar-refractivity contribution in [2.45, 2.75) is 44.1 Å². The summed E-state index contributed by atoms with van der Waals surface area (Å²) in [6.45, 7) is 9.90. The number of halogens is 3. The second kappa shape index (κ2) is 6.29. The second-order valence-electron chi connectivity index (χ2n) is 8.88. The highest BCUT2D eigenvalue weighted by molar-refractivity contribution is 6.09. The Bertz CT molecular complexity index is 1240. The van der Waals surface area contributed by atoms with Gasteiger partial charge in [-0.2, -0.15) is 13.2 Å². The van der Waals surface area contributed by atoms with E-state index >= 15 is 0 Å². The van der Waals surface area contributed by atoms with Crippen LogP contribution in [-0.2, 0) is 31.7 Å². The number of alkyl halides is 3. The van der Waals surface area contributed by atoms with E-state index in [1.54, 1.807) is 0 Å². The predicted molar refractivity (Wildman–Crippen MR) is 106 cm³/mol. The van der Waals surface area contributed by atoms with Gasteiger partial charge in [0.25, 0.3) is 11.8 Å². The Morgan fingerprint density at radius 3 is 2.12 bits per heavy atom. The van der Waals surface area contributed by atoms with E-state index in [-0.39, 0.29) is 29.3 Å². The monoisotopic (exact) mass is 461 g/mol. The summed E-state index contributed by atoms with van der Waals surface area (Å²) in [5.74, 6) is -2.66. The molecule has 1 aromatic carbocycles. The molecule has 0 radical (unpaired) electrons. The minimum absolute atomic E-state index is 0.165. The molecule has 2 fully saturated rings. The summed E-state index contributed by atoms with van der Waals surface area (Å²) in [6.07, 6.45) is -3.10. The molecule has 11 heteroatoms. The molecule has 172 valence electrons. The normalized spacial score (nSPS) is 26.5. The fourth-order valence-corrected chi connectivity index (χ4v) is 4.83. The average molecular weight is 461 g/mol. The maximum Gasteiger partial charge on any atom is 0.407 e. The standard InChI is InChI=1S/C22H18F3N3O5/c1-20-14-15(21(2,33-20)19(32)27(18(20)31)9-10-4-5-10)17(30)28(16(14)29)11-6-7-13(26-3)12(8-11)22(23,24)25/h6-8,10,29-30H,4-5,9H2,1-2H3/t20-,21+.